The molecule has 0 saturated carbocycles. The molecule has 6 nitrogen and oxygen atoms in total. The topological polar surface area (TPSA) is 110 Å². The first-order valence-corrected chi connectivity index (χ1v) is 4.49. The van der Waals surface area contributed by atoms with Crippen molar-refractivity contribution in [3.05, 3.63) is 29.3 Å². The number of hydrogen-bond donors (Lipinski definition) is 3. The quantitative estimate of drug-likeness (QED) is 0.748. The lowest BCUT2D eigenvalue weighted by Crippen LogP contribution is -2.13. The summed E-state index contributed by atoms with van der Waals surface area (Å²) in [4.78, 5) is 21.5. The van der Waals surface area contributed by atoms with E-state index in [1.54, 1.807) is 0 Å². The molecule has 17 heavy (non-hydrogen) atoms. The maximum Gasteiger partial charge on any atom is 0.339 e. The highest BCUT2D eigenvalue weighted by molar-refractivity contribution is 8.93. The molecule has 0 atom stereocenters. The van der Waals surface area contributed by atoms with Crippen molar-refractivity contribution in [3.63, 3.8) is 0 Å². The molecule has 0 aliphatic heterocycles. The molecule has 4 N–H and O–H groups in total. The number of carboxylic acid groups (broad SMARTS) is 2. The van der Waals surface area contributed by atoms with Crippen molar-refractivity contribution >= 4 is 28.9 Å². The molecule has 0 radical (unpaired) electrons. The predicted molar refractivity (Wildman–Crippen MR) is 65.2 cm³/mol. The van der Waals surface area contributed by atoms with Crippen LogP contribution in [0.25, 0.3) is 0 Å². The van der Waals surface area contributed by atoms with Gasteiger partial charge < -0.3 is 20.7 Å². The molecule has 7 heteroatoms. The maximum atomic E-state index is 10.8. The Morgan fingerprint density at radius 1 is 1.24 bits per heavy atom. The highest BCUT2D eigenvalue weighted by Gasteiger charge is 2.14. The highest BCUT2D eigenvalue weighted by atomic mass is 79.9. The predicted octanol–water partition coefficient (Wildman–Crippen LogP) is 0.998. The first-order valence-electron chi connectivity index (χ1n) is 4.49. The van der Waals surface area contributed by atoms with E-state index in [1.165, 1.54) is 18.2 Å². The van der Waals surface area contributed by atoms with Gasteiger partial charge in [0.1, 0.15) is 17.9 Å². The van der Waals surface area contributed by atoms with Gasteiger partial charge in [-0.15, -0.1) is 17.0 Å². The molecular weight excluding hydrogens is 294 g/mol. The van der Waals surface area contributed by atoms with E-state index in [-0.39, 0.29) is 47.0 Å². The Morgan fingerprint density at radius 2 is 1.88 bits per heavy atom. The summed E-state index contributed by atoms with van der Waals surface area (Å²) >= 11 is 0. The summed E-state index contributed by atoms with van der Waals surface area (Å²) in [7, 11) is 0. The van der Waals surface area contributed by atoms with Crippen LogP contribution in [-0.2, 0) is 0 Å². The van der Waals surface area contributed by atoms with E-state index in [1.807, 2.05) is 0 Å². The van der Waals surface area contributed by atoms with Gasteiger partial charge in [0.15, 0.2) is 0 Å². The molecule has 0 aliphatic carbocycles. The minimum Gasteiger partial charge on any atom is -0.491 e. The minimum atomic E-state index is -1.18. The maximum absolute atomic E-state index is 10.8. The first kappa shape index (κ1) is 15.4. The zero-order valence-corrected chi connectivity index (χ0v) is 10.5. The fourth-order valence-electron chi connectivity index (χ4n) is 1.12. The Bertz CT molecular complexity index is 421. The van der Waals surface area contributed by atoms with Crippen LogP contribution in [0.5, 0.6) is 5.75 Å². The second kappa shape index (κ2) is 6.87. The number of benzene rings is 1. The number of nitrogens with two attached hydrogens (primary N) is 1. The molecule has 1 aromatic rings. The SMILES string of the molecule is Br.NCCOc1cc(C(=O)O)ccc1C(=O)O. The lowest BCUT2D eigenvalue weighted by atomic mass is 10.1. The van der Waals surface area contributed by atoms with Gasteiger partial charge in [-0.2, -0.15) is 0 Å². The van der Waals surface area contributed by atoms with Crippen LogP contribution < -0.4 is 10.5 Å². The van der Waals surface area contributed by atoms with Crippen LogP contribution in [0.3, 0.4) is 0 Å². The van der Waals surface area contributed by atoms with Crippen LogP contribution in [0.2, 0.25) is 0 Å². The Balaban J connectivity index is 0.00000256. The van der Waals surface area contributed by atoms with E-state index in [9.17, 15) is 9.59 Å². The summed E-state index contributed by atoms with van der Waals surface area (Å²) in [5.41, 5.74) is 5.10. The lowest BCUT2D eigenvalue weighted by Gasteiger charge is -2.08. The van der Waals surface area contributed by atoms with Crippen molar-refractivity contribution in [2.45, 2.75) is 0 Å². The van der Waals surface area contributed by atoms with Crippen molar-refractivity contribution in [1.29, 1.82) is 0 Å². The van der Waals surface area contributed by atoms with Crippen LogP contribution in [-0.4, -0.2) is 35.3 Å². The first-order chi connectivity index (χ1) is 7.56. The van der Waals surface area contributed by atoms with Gasteiger partial charge in [0.05, 0.1) is 5.56 Å². The average molecular weight is 306 g/mol. The number of carboxylic acids is 2. The van der Waals surface area contributed by atoms with Gasteiger partial charge in [0.2, 0.25) is 0 Å². The van der Waals surface area contributed by atoms with Crippen LogP contribution in [0.15, 0.2) is 18.2 Å². The van der Waals surface area contributed by atoms with Crippen molar-refractivity contribution in [1.82, 2.24) is 0 Å². The van der Waals surface area contributed by atoms with Crippen LogP contribution >= 0.6 is 17.0 Å². The molecule has 0 aliphatic rings. The second-order valence-corrected chi connectivity index (χ2v) is 2.96. The number of ether oxygens (including phenoxy) is 1. The van der Waals surface area contributed by atoms with E-state index in [4.69, 9.17) is 20.7 Å². The fraction of sp³-hybridized carbons (Fsp3) is 0.200. The fourth-order valence-corrected chi connectivity index (χ4v) is 1.12. The molecule has 0 bridgehead atoms. The standard InChI is InChI=1S/C10H11NO5.BrH/c11-3-4-16-8-5-6(9(12)13)1-2-7(8)10(14)15;/h1-2,5H,3-4,11H2,(H,12,13)(H,14,15);1H. The van der Waals surface area contributed by atoms with E-state index in [0.29, 0.717) is 0 Å². The van der Waals surface area contributed by atoms with E-state index in [2.05, 4.69) is 0 Å². The summed E-state index contributed by atoms with van der Waals surface area (Å²) in [6.07, 6.45) is 0. The zero-order chi connectivity index (χ0) is 12.1. The lowest BCUT2D eigenvalue weighted by molar-refractivity contribution is 0.0677. The van der Waals surface area contributed by atoms with Gasteiger partial charge >= 0.3 is 11.9 Å². The van der Waals surface area contributed by atoms with Crippen LogP contribution in [0.1, 0.15) is 20.7 Å². The van der Waals surface area contributed by atoms with Crippen molar-refractivity contribution < 1.29 is 24.5 Å². The van der Waals surface area contributed by atoms with E-state index >= 15 is 0 Å². The minimum absolute atomic E-state index is 0. The molecule has 1 rings (SSSR count). The molecule has 0 aromatic heterocycles. The third kappa shape index (κ3) is 4.04. The summed E-state index contributed by atoms with van der Waals surface area (Å²) in [6.45, 7) is 0.347. The molecule has 94 valence electrons. The van der Waals surface area contributed by atoms with Gasteiger partial charge in [-0.1, -0.05) is 0 Å². The Hall–Kier alpha value is -1.60. The number of carbonyl (C=O) groups is 2. The van der Waals surface area contributed by atoms with Gasteiger partial charge in [0, 0.05) is 6.54 Å². The Kier molecular flexibility index (Phi) is 6.22. The summed E-state index contributed by atoms with van der Waals surface area (Å²) in [5, 5.41) is 17.6. The van der Waals surface area contributed by atoms with Gasteiger partial charge in [-0.05, 0) is 18.2 Å². The zero-order valence-electron chi connectivity index (χ0n) is 8.75. The third-order valence-corrected chi connectivity index (χ3v) is 1.83. The average Bonchev–Trinajstić information content (AvgIpc) is 2.25. The monoisotopic (exact) mass is 305 g/mol. The molecule has 0 heterocycles. The van der Waals surface area contributed by atoms with Crippen LogP contribution in [0, 0.1) is 0 Å². The normalized spacial score (nSPS) is 9.24. The smallest absolute Gasteiger partial charge is 0.339 e. The molecule has 0 unspecified atom stereocenters. The second-order valence-electron chi connectivity index (χ2n) is 2.96. The van der Waals surface area contributed by atoms with Crippen LogP contribution in [0.4, 0.5) is 0 Å². The van der Waals surface area contributed by atoms with Gasteiger partial charge in [0.25, 0.3) is 0 Å². The Morgan fingerprint density at radius 3 is 2.35 bits per heavy atom. The number of hydrogen-bond acceptors (Lipinski definition) is 4. The Labute approximate surface area is 108 Å². The summed E-state index contributed by atoms with van der Waals surface area (Å²) in [6, 6.07) is 3.57. The largest absolute Gasteiger partial charge is 0.491 e. The molecule has 0 amide bonds. The number of aromatic carboxylic acids is 2. The third-order valence-electron chi connectivity index (χ3n) is 1.83. The number of halogens is 1. The highest BCUT2D eigenvalue weighted by Crippen LogP contribution is 2.20. The van der Waals surface area contributed by atoms with Gasteiger partial charge in [-0.25, -0.2) is 9.59 Å². The molecule has 0 spiro atoms. The molecular formula is C10H12BrNO5. The van der Waals surface area contributed by atoms with E-state index in [0.717, 1.165) is 0 Å². The van der Waals surface area contributed by atoms with Crippen molar-refractivity contribution in [3.8, 4) is 5.75 Å². The molecule has 1 aromatic carbocycles. The molecule has 0 fully saturated rings. The van der Waals surface area contributed by atoms with Gasteiger partial charge in [-0.3, -0.25) is 0 Å². The summed E-state index contributed by atoms with van der Waals surface area (Å²) < 4.78 is 5.07. The van der Waals surface area contributed by atoms with E-state index < -0.39 is 11.9 Å². The van der Waals surface area contributed by atoms with Crippen molar-refractivity contribution in [2.75, 3.05) is 13.2 Å². The molecule has 0 saturated heterocycles. The summed E-state index contributed by atoms with van der Waals surface area (Å²) in [5.74, 6) is -2.31. The number of rotatable bonds is 5. The van der Waals surface area contributed by atoms with Crippen molar-refractivity contribution in [2.24, 2.45) is 5.73 Å².